The second-order valence-electron chi connectivity index (χ2n) is 30.0. The Kier molecular flexibility index (Phi) is 43.1. The Morgan fingerprint density at radius 2 is 0.562 bits per heavy atom. The first-order valence-electron chi connectivity index (χ1n) is 40.5. The molecule has 8 rings (SSSR count). The van der Waals surface area contributed by atoms with Crippen LogP contribution in [-0.2, 0) is 204 Å². The number of alkyl halides is 3. The first-order chi connectivity index (χ1) is 61.9. The first-order valence-corrected chi connectivity index (χ1v) is 41.7. The molecule has 7 aliphatic heterocycles. The molecule has 7 aliphatic rings. The molecule has 51 heteroatoms. The predicted molar refractivity (Wildman–Crippen MR) is 429 cm³/mol. The van der Waals surface area contributed by atoms with Crippen LogP contribution in [0.2, 0.25) is 0 Å². The van der Waals surface area contributed by atoms with E-state index in [-0.39, 0.29) is 25.4 Å². The van der Waals surface area contributed by atoms with E-state index < -0.39 is 305 Å². The van der Waals surface area contributed by atoms with Crippen LogP contribution in [0.5, 0.6) is 0 Å². The van der Waals surface area contributed by atoms with Crippen LogP contribution in [0, 0.1) is 5.41 Å². The lowest BCUT2D eigenvalue weighted by Gasteiger charge is -2.52. The zero-order chi connectivity index (χ0) is 95.7. The highest BCUT2D eigenvalue weighted by Gasteiger charge is 2.63. The summed E-state index contributed by atoms with van der Waals surface area (Å²) in [6.45, 7) is 4.65. The standard InChI is InChI=1S/C79H115Cl3N4O44/c1-33(87)108-29-45-50(57(99-12)49(85-86-84)71(117-45)130-78(83)79(80,81)82)124-72-64(104-17)58(100-13)51(42(118-72)26-96-9)125-73-65(105-18)59(101-14)52(43(119-73)27-97-10)126-74-66(106-19)60(102-15)53(44(120-74)28-98-11)127-75-67(107-20)61(103-16)54(48(121-75)32-111-70(95)41-24-22-21-23-25-41)128-76-69(116-40(8)94)63(114-38(6)92)56(47(123-76)31-110-35(3)89)129-77-68(115-39(7)93)62(113-37(5)91)55(112-36(4)90)46(122-77)30-109-34(2)88/h21-25,42-69,71-77,83H,26-32H2,1-20H3/t42-,43-,44?,45?,46-,47-,48?,49?,50+,51-,52-,53+,54+,55-,56-,57-,58?,59?,60+,61+,62?,63?,64?,65?,66?,67?,68?,69?,71?,72-,73-,74+,75+,76-,77-/m1/s1. The van der Waals surface area contributed by atoms with Crippen LogP contribution in [0.15, 0.2) is 35.4 Å². The van der Waals surface area contributed by atoms with E-state index in [9.17, 15) is 48.7 Å². The van der Waals surface area contributed by atoms with Crippen LogP contribution in [0.25, 0.3) is 10.4 Å². The second kappa shape index (κ2) is 51.7. The molecule has 1 aromatic carbocycles. The molecule has 0 aromatic heterocycles. The lowest BCUT2D eigenvalue weighted by Crippen LogP contribution is -2.69. The molecule has 48 nitrogen and oxygen atoms in total. The summed E-state index contributed by atoms with van der Waals surface area (Å²) in [5.41, 5.74) is 9.89. The molecule has 1 N–H and O–H groups in total. The maximum atomic E-state index is 14.1. The fourth-order valence-corrected chi connectivity index (χ4v) is 16.1. The number of hydrogen-bond donors (Lipinski definition) is 1. The highest BCUT2D eigenvalue weighted by Crippen LogP contribution is 2.44. The van der Waals surface area contributed by atoms with Gasteiger partial charge in [-0.2, -0.15) is 0 Å². The van der Waals surface area contributed by atoms with Crippen molar-refractivity contribution in [2.75, 3.05) is 132 Å². The minimum absolute atomic E-state index is 0.0896. The van der Waals surface area contributed by atoms with Crippen molar-refractivity contribution >= 4 is 94.4 Å². The third kappa shape index (κ3) is 28.2. The summed E-state index contributed by atoms with van der Waals surface area (Å²) in [4.78, 5) is 121. The number of rotatable bonds is 43. The van der Waals surface area contributed by atoms with Crippen molar-refractivity contribution in [1.29, 1.82) is 5.41 Å². The Morgan fingerprint density at radius 1 is 0.315 bits per heavy atom. The van der Waals surface area contributed by atoms with Crippen LogP contribution in [0.1, 0.15) is 65.7 Å². The topological polar surface area (TPSA) is 549 Å². The number of carbonyl (C=O) groups excluding carboxylic acids is 9. The lowest BCUT2D eigenvalue weighted by atomic mass is 9.94. The summed E-state index contributed by atoms with van der Waals surface area (Å²) >= 11 is 17.9. The molecule has 7 heterocycles. The van der Waals surface area contributed by atoms with E-state index in [2.05, 4.69) is 10.0 Å². The maximum absolute atomic E-state index is 14.1. The van der Waals surface area contributed by atoms with Crippen LogP contribution < -0.4 is 0 Å². The van der Waals surface area contributed by atoms with Crippen LogP contribution in [0.4, 0.5) is 0 Å². The van der Waals surface area contributed by atoms with Crippen molar-refractivity contribution in [1.82, 2.24) is 0 Å². The van der Waals surface area contributed by atoms with Gasteiger partial charge in [0.1, 0.15) is 167 Å². The van der Waals surface area contributed by atoms with Crippen LogP contribution in [0.3, 0.4) is 0 Å². The summed E-state index contributed by atoms with van der Waals surface area (Å²) in [5, 5.41) is 12.1. The lowest BCUT2D eigenvalue weighted by molar-refractivity contribution is -0.402. The van der Waals surface area contributed by atoms with Crippen molar-refractivity contribution in [3.63, 3.8) is 0 Å². The van der Waals surface area contributed by atoms with Crippen molar-refractivity contribution in [3.05, 3.63) is 46.3 Å². The quantitative estimate of drug-likeness (QED) is 0.0142. The maximum Gasteiger partial charge on any atom is 0.338 e. The zero-order valence-electron chi connectivity index (χ0n) is 75.0. The number of carbonyl (C=O) groups is 9. The van der Waals surface area contributed by atoms with Gasteiger partial charge in [0.25, 0.3) is 3.79 Å². The average Bonchev–Trinajstić information content (AvgIpc) is 0.759. The Morgan fingerprint density at radius 3 is 0.838 bits per heavy atom. The number of methoxy groups -OCH3 is 12. The minimum Gasteiger partial charge on any atom is -0.463 e. The molecule has 7 saturated heterocycles. The summed E-state index contributed by atoms with van der Waals surface area (Å²) in [7, 11) is 16.1. The van der Waals surface area contributed by atoms with Gasteiger partial charge in [0.05, 0.1) is 25.4 Å². The van der Waals surface area contributed by atoms with Gasteiger partial charge in [-0.3, -0.25) is 43.8 Å². The van der Waals surface area contributed by atoms with E-state index in [1.54, 1.807) is 18.2 Å². The summed E-state index contributed by atoms with van der Waals surface area (Å²) in [6, 6.07) is 6.33. The van der Waals surface area contributed by atoms with Crippen molar-refractivity contribution < 1.29 is 209 Å². The second-order valence-corrected chi connectivity index (χ2v) is 32.2. The van der Waals surface area contributed by atoms with Crippen LogP contribution in [-0.4, -0.2) is 410 Å². The SMILES string of the molecule is COCC1O[C@@H](O[C@H]2C(OC)C(OC)[C@@H](O[C@H]3C(OC)C(OC)[C@@H](O[C@H]4C(COC(C)=O)OC(OC(=N)C(Cl)(Cl)Cl)C(N=[N+]=[N-])[C@H]4OC)O[C@@H]3COC)O[C@@H]2COC)C(OC)[C@@H](OC)[C@H]1O[C@@H]1OC(COC(=O)c2ccccc2)[C@H](O[C@H]2O[C@H](COC(C)=O)[C@@H](O[C@H]3O[C@H](COC(C)=O)[C@@H](OC(C)=O)C(OC(C)=O)C3OC(C)=O)C(OC(C)=O)C2OC(C)=O)[C@H](OC)C1OC. The number of azide groups is 1. The van der Waals surface area contributed by atoms with E-state index in [0.29, 0.717) is 0 Å². The fourth-order valence-electron chi connectivity index (χ4n) is 16.0. The van der Waals surface area contributed by atoms with Gasteiger partial charge >= 0.3 is 53.7 Å². The monoisotopic (exact) mass is 1930 g/mol. The third-order valence-corrected chi connectivity index (χ3v) is 21.8. The molecule has 0 bridgehead atoms. The number of nitrogens with zero attached hydrogens (tertiary/aromatic N) is 3. The van der Waals surface area contributed by atoms with Gasteiger partial charge < -0.3 is 166 Å². The molecule has 7 fully saturated rings. The number of esters is 9. The van der Waals surface area contributed by atoms with Crippen molar-refractivity contribution in [2.45, 2.75) is 274 Å². The van der Waals surface area contributed by atoms with E-state index >= 15 is 0 Å². The smallest absolute Gasteiger partial charge is 0.338 e. The van der Waals surface area contributed by atoms with Gasteiger partial charge in [0.15, 0.2) is 68.3 Å². The molecule has 0 radical (unpaired) electrons. The van der Waals surface area contributed by atoms with Crippen LogP contribution >= 0.6 is 34.8 Å². The Bertz CT molecular complexity index is 3860. The first kappa shape index (κ1) is 108. The van der Waals surface area contributed by atoms with E-state index in [1.807, 2.05) is 0 Å². The Hall–Kier alpha value is -6.90. The third-order valence-electron chi connectivity index (χ3n) is 21.3. The molecular weight excluding hydrogens is 1820 g/mol. The molecule has 35 atom stereocenters. The Labute approximate surface area is 762 Å². The summed E-state index contributed by atoms with van der Waals surface area (Å²) in [5.74, 6) is -9.39. The number of hydrogen-bond acceptors (Lipinski definition) is 46. The molecule has 0 saturated carbocycles. The molecule has 15 unspecified atom stereocenters. The van der Waals surface area contributed by atoms with Gasteiger partial charge in [-0.25, -0.2) is 4.79 Å². The van der Waals surface area contributed by atoms with Gasteiger partial charge in [-0.15, -0.1) is 0 Å². The normalized spacial score (nSPS) is 36.3. The predicted octanol–water partition coefficient (Wildman–Crippen LogP) is 1.69. The fraction of sp³-hybridized carbons (Fsp3) is 0.797. The number of benzene rings is 1. The summed E-state index contributed by atoms with van der Waals surface area (Å²) < 4.78 is 215. The molecule has 736 valence electrons. The number of nitrogens with one attached hydrogen (secondary N) is 1. The molecule has 0 aliphatic carbocycles. The number of halogens is 3. The van der Waals surface area contributed by atoms with Gasteiger partial charge in [-0.1, -0.05) is 58.1 Å². The molecule has 0 amide bonds. The number of ether oxygens (including phenoxy) is 35. The minimum atomic E-state index is -2.40. The highest BCUT2D eigenvalue weighted by molar-refractivity contribution is 6.76. The summed E-state index contributed by atoms with van der Waals surface area (Å²) in [6.07, 6.45) is -51.3. The molecular formula is C79H115Cl3N4O44. The molecule has 0 spiro atoms. The van der Waals surface area contributed by atoms with E-state index in [1.165, 1.54) is 97.5 Å². The largest absolute Gasteiger partial charge is 0.463 e. The van der Waals surface area contributed by atoms with Gasteiger partial charge in [-0.05, 0) is 17.7 Å². The Balaban J connectivity index is 1.11. The highest BCUT2D eigenvalue weighted by atomic mass is 35.6. The molecule has 1 aromatic rings. The van der Waals surface area contributed by atoms with Gasteiger partial charge in [0, 0.05) is 146 Å². The molecule has 130 heavy (non-hydrogen) atoms. The van der Waals surface area contributed by atoms with Gasteiger partial charge in [0.2, 0.25) is 12.2 Å². The van der Waals surface area contributed by atoms with E-state index in [0.717, 1.165) is 55.4 Å². The van der Waals surface area contributed by atoms with Crippen molar-refractivity contribution in [3.8, 4) is 0 Å². The average molecular weight is 1930 g/mol. The van der Waals surface area contributed by atoms with Crippen molar-refractivity contribution in [2.24, 2.45) is 5.11 Å². The zero-order valence-corrected chi connectivity index (χ0v) is 77.3. The van der Waals surface area contributed by atoms with E-state index in [4.69, 9.17) is 206 Å².